The van der Waals surface area contributed by atoms with Crippen molar-refractivity contribution in [3.8, 4) is 0 Å². The van der Waals surface area contributed by atoms with Crippen LogP contribution in [0.2, 0.25) is 0 Å². The van der Waals surface area contributed by atoms with Crippen LogP contribution in [-0.4, -0.2) is 5.78 Å². The van der Waals surface area contributed by atoms with E-state index in [1.165, 1.54) is 15.8 Å². The molecule has 1 aromatic heterocycles. The minimum absolute atomic E-state index is 0.205. The Bertz CT molecular complexity index is 783. The van der Waals surface area contributed by atoms with Crippen molar-refractivity contribution in [2.45, 2.75) is 20.3 Å². The number of ketones is 1. The van der Waals surface area contributed by atoms with Crippen molar-refractivity contribution in [3.63, 3.8) is 0 Å². The van der Waals surface area contributed by atoms with Crippen molar-refractivity contribution < 1.29 is 4.79 Å². The molecule has 2 heteroatoms. The molecule has 3 aromatic rings. The van der Waals surface area contributed by atoms with Gasteiger partial charge in [-0.2, -0.15) is 0 Å². The second-order valence-electron chi connectivity index (χ2n) is 5.18. The maximum atomic E-state index is 12.6. The zero-order valence-corrected chi connectivity index (χ0v) is 12.5. The number of Topliss-reactive ketones (excluding diaryl/α,β-unsaturated/α-hetero) is 1. The summed E-state index contributed by atoms with van der Waals surface area (Å²) in [5.41, 5.74) is 4.37. The summed E-state index contributed by atoms with van der Waals surface area (Å²) in [6.07, 6.45) is 0.480. The Kier molecular flexibility index (Phi) is 3.41. The number of rotatable bonds is 3. The van der Waals surface area contributed by atoms with E-state index in [-0.39, 0.29) is 5.78 Å². The van der Waals surface area contributed by atoms with Crippen LogP contribution in [0, 0.1) is 13.8 Å². The lowest BCUT2D eigenvalue weighted by molar-refractivity contribution is 0.0994. The van der Waals surface area contributed by atoms with Gasteiger partial charge in [0.05, 0.1) is 0 Å². The van der Waals surface area contributed by atoms with Gasteiger partial charge in [-0.1, -0.05) is 42.0 Å². The van der Waals surface area contributed by atoms with Crippen molar-refractivity contribution in [2.24, 2.45) is 0 Å². The topological polar surface area (TPSA) is 17.1 Å². The van der Waals surface area contributed by atoms with E-state index in [2.05, 4.69) is 38.1 Å². The van der Waals surface area contributed by atoms with Gasteiger partial charge in [-0.25, -0.2) is 0 Å². The molecule has 0 aliphatic carbocycles. The summed E-state index contributed by atoms with van der Waals surface area (Å²) in [5.74, 6) is 0.205. The highest BCUT2D eigenvalue weighted by atomic mass is 32.1. The molecule has 0 spiro atoms. The van der Waals surface area contributed by atoms with E-state index < -0.39 is 0 Å². The van der Waals surface area contributed by atoms with Gasteiger partial charge in [0.25, 0.3) is 0 Å². The highest BCUT2D eigenvalue weighted by Gasteiger charge is 2.13. The van der Waals surface area contributed by atoms with E-state index in [1.807, 2.05) is 23.6 Å². The molecule has 20 heavy (non-hydrogen) atoms. The first-order valence-corrected chi connectivity index (χ1v) is 7.58. The molecule has 3 rings (SSSR count). The van der Waals surface area contributed by atoms with Gasteiger partial charge >= 0.3 is 0 Å². The van der Waals surface area contributed by atoms with Crippen LogP contribution in [0.5, 0.6) is 0 Å². The third-order valence-electron chi connectivity index (χ3n) is 3.64. The second-order valence-corrected chi connectivity index (χ2v) is 6.09. The lowest BCUT2D eigenvalue weighted by atomic mass is 9.97. The molecule has 0 radical (unpaired) electrons. The van der Waals surface area contributed by atoms with Crippen molar-refractivity contribution in [2.75, 3.05) is 0 Å². The van der Waals surface area contributed by atoms with Gasteiger partial charge in [-0.15, -0.1) is 11.3 Å². The van der Waals surface area contributed by atoms with E-state index in [0.29, 0.717) is 6.42 Å². The molecule has 0 fully saturated rings. The van der Waals surface area contributed by atoms with Crippen LogP contribution in [0.15, 0.2) is 47.8 Å². The smallest absolute Gasteiger partial charge is 0.168 e. The largest absolute Gasteiger partial charge is 0.294 e. The number of hydrogen-bond donors (Lipinski definition) is 0. The first kappa shape index (κ1) is 13.1. The molecule has 0 saturated carbocycles. The Hall–Kier alpha value is -1.93. The monoisotopic (exact) mass is 280 g/mol. The zero-order chi connectivity index (χ0) is 14.1. The normalized spacial score (nSPS) is 10.9. The van der Waals surface area contributed by atoms with Gasteiger partial charge in [-0.3, -0.25) is 4.79 Å². The van der Waals surface area contributed by atoms with Crippen LogP contribution in [0.1, 0.15) is 27.0 Å². The van der Waals surface area contributed by atoms with E-state index >= 15 is 0 Å². The number of carbonyl (C=O) groups excluding carboxylic acids is 1. The summed E-state index contributed by atoms with van der Waals surface area (Å²) >= 11 is 1.64. The molecule has 0 bridgehead atoms. The van der Waals surface area contributed by atoms with Crippen molar-refractivity contribution in [1.82, 2.24) is 0 Å². The molecule has 0 N–H and O–H groups in total. The van der Waals surface area contributed by atoms with Gasteiger partial charge in [0.1, 0.15) is 0 Å². The van der Waals surface area contributed by atoms with Gasteiger partial charge < -0.3 is 0 Å². The molecule has 0 saturated heterocycles. The molecule has 2 aromatic carbocycles. The molecule has 0 aliphatic rings. The fourth-order valence-corrected chi connectivity index (χ4v) is 3.42. The van der Waals surface area contributed by atoms with Gasteiger partial charge in [-0.05, 0) is 31.0 Å². The summed E-state index contributed by atoms with van der Waals surface area (Å²) in [6.45, 7) is 4.13. The molecular formula is C18H16OS. The molecule has 100 valence electrons. The van der Waals surface area contributed by atoms with Crippen molar-refractivity contribution >= 4 is 27.2 Å². The fraction of sp³-hybridized carbons (Fsp3) is 0.167. The molecule has 0 amide bonds. The minimum Gasteiger partial charge on any atom is -0.294 e. The summed E-state index contributed by atoms with van der Waals surface area (Å²) in [7, 11) is 0. The average molecular weight is 280 g/mol. The Labute approximate surface area is 122 Å². The first-order valence-electron chi connectivity index (χ1n) is 6.71. The molecule has 0 aliphatic heterocycles. The summed E-state index contributed by atoms with van der Waals surface area (Å²) in [4.78, 5) is 12.6. The van der Waals surface area contributed by atoms with Crippen LogP contribution in [0.4, 0.5) is 0 Å². The van der Waals surface area contributed by atoms with Crippen LogP contribution < -0.4 is 0 Å². The van der Waals surface area contributed by atoms with Crippen molar-refractivity contribution in [3.05, 3.63) is 70.1 Å². The number of aryl methyl sites for hydroxylation is 2. The summed E-state index contributed by atoms with van der Waals surface area (Å²) in [5, 5.41) is 3.06. The standard InChI is InChI=1S/C18H16OS/c1-12-7-8-13(2)14(9-12)10-17(19)16-11-20-18-6-4-3-5-15(16)18/h3-9,11H,10H2,1-2H3. The summed E-state index contributed by atoms with van der Waals surface area (Å²) < 4.78 is 1.18. The van der Waals surface area contributed by atoms with E-state index in [4.69, 9.17) is 0 Å². The molecule has 0 unspecified atom stereocenters. The van der Waals surface area contributed by atoms with E-state index in [0.717, 1.165) is 16.5 Å². The number of carbonyl (C=O) groups is 1. The lowest BCUT2D eigenvalue weighted by Crippen LogP contribution is -2.04. The van der Waals surface area contributed by atoms with Crippen molar-refractivity contribution in [1.29, 1.82) is 0 Å². The Morgan fingerprint density at radius 3 is 2.75 bits per heavy atom. The fourth-order valence-electron chi connectivity index (χ4n) is 2.45. The lowest BCUT2D eigenvalue weighted by Gasteiger charge is -2.06. The van der Waals surface area contributed by atoms with Crippen LogP contribution >= 0.6 is 11.3 Å². The number of benzene rings is 2. The van der Waals surface area contributed by atoms with Gasteiger partial charge in [0.2, 0.25) is 0 Å². The average Bonchev–Trinajstić information content (AvgIpc) is 2.87. The second kappa shape index (κ2) is 5.22. The third kappa shape index (κ3) is 2.39. The maximum Gasteiger partial charge on any atom is 0.168 e. The summed E-state index contributed by atoms with van der Waals surface area (Å²) in [6, 6.07) is 14.4. The van der Waals surface area contributed by atoms with E-state index in [9.17, 15) is 4.79 Å². The Morgan fingerprint density at radius 1 is 1.10 bits per heavy atom. The highest BCUT2D eigenvalue weighted by molar-refractivity contribution is 7.17. The SMILES string of the molecule is Cc1ccc(C)c(CC(=O)c2csc3ccccc23)c1. The molecule has 1 nitrogen and oxygen atoms in total. The Balaban J connectivity index is 1.95. The highest BCUT2D eigenvalue weighted by Crippen LogP contribution is 2.27. The van der Waals surface area contributed by atoms with Gasteiger partial charge in [0, 0.05) is 27.5 Å². The third-order valence-corrected chi connectivity index (χ3v) is 4.60. The van der Waals surface area contributed by atoms with Crippen LogP contribution in [0.3, 0.4) is 0 Å². The van der Waals surface area contributed by atoms with Crippen LogP contribution in [-0.2, 0) is 6.42 Å². The number of hydrogen-bond acceptors (Lipinski definition) is 2. The number of thiophene rings is 1. The minimum atomic E-state index is 0.205. The molecular weight excluding hydrogens is 264 g/mol. The predicted molar refractivity (Wildman–Crippen MR) is 85.8 cm³/mol. The zero-order valence-electron chi connectivity index (χ0n) is 11.6. The molecule has 1 heterocycles. The quantitative estimate of drug-likeness (QED) is 0.621. The number of fused-ring (bicyclic) bond motifs is 1. The van der Waals surface area contributed by atoms with Gasteiger partial charge in [0.15, 0.2) is 5.78 Å². The van der Waals surface area contributed by atoms with E-state index in [1.54, 1.807) is 11.3 Å². The molecule has 0 atom stereocenters. The maximum absolute atomic E-state index is 12.6. The first-order chi connectivity index (χ1) is 9.65. The Morgan fingerprint density at radius 2 is 1.90 bits per heavy atom. The predicted octanol–water partition coefficient (Wildman–Crippen LogP) is 4.94. The van der Waals surface area contributed by atoms with Crippen LogP contribution in [0.25, 0.3) is 10.1 Å².